The zero-order chi connectivity index (χ0) is 23.8. The van der Waals surface area contributed by atoms with Crippen molar-refractivity contribution in [2.24, 2.45) is 0 Å². The number of nitrogens with zero attached hydrogens (tertiary/aromatic N) is 1. The lowest BCUT2D eigenvalue weighted by Crippen LogP contribution is -2.30. The van der Waals surface area contributed by atoms with Crippen LogP contribution in [0.15, 0.2) is 49.3 Å². The summed E-state index contributed by atoms with van der Waals surface area (Å²) in [6.07, 6.45) is 0. The Hall–Kier alpha value is -2.72. The van der Waals surface area contributed by atoms with E-state index in [9.17, 15) is 26.4 Å². The Morgan fingerprint density at radius 1 is 0.875 bits per heavy atom. The van der Waals surface area contributed by atoms with Crippen LogP contribution in [-0.4, -0.2) is 52.2 Å². The van der Waals surface area contributed by atoms with Gasteiger partial charge in [-0.1, -0.05) is 13.8 Å². The highest BCUT2D eigenvalue weighted by molar-refractivity contribution is 7.92. The molecule has 1 amide bonds. The molecule has 8 nitrogen and oxygen atoms in total. The maximum Gasteiger partial charge on any atom is 0.253 e. The van der Waals surface area contributed by atoms with Crippen molar-refractivity contribution in [2.75, 3.05) is 24.6 Å². The molecule has 1 heterocycles. The van der Waals surface area contributed by atoms with E-state index < -0.39 is 25.1 Å². The summed E-state index contributed by atoms with van der Waals surface area (Å²) in [6.45, 7) is 7.53. The van der Waals surface area contributed by atoms with Crippen molar-refractivity contribution < 1.29 is 26.0 Å². The van der Waals surface area contributed by atoms with E-state index in [1.807, 2.05) is 13.8 Å². The van der Waals surface area contributed by atoms with Crippen LogP contribution in [-0.2, 0) is 19.7 Å². The highest BCUT2D eigenvalue weighted by atomic mass is 32.2. The fraction of sp³-hybridized carbons (Fsp3) is 0.364. The molecule has 0 bridgehead atoms. The summed E-state index contributed by atoms with van der Waals surface area (Å²) in [5, 5.41) is -0.0899. The molecule has 0 aliphatic heterocycles. The lowest BCUT2D eigenvalue weighted by molar-refractivity contribution is 0.0773. The van der Waals surface area contributed by atoms with Crippen LogP contribution in [0, 0.1) is 0 Å². The second kappa shape index (κ2) is 8.67. The second-order valence-corrected chi connectivity index (χ2v) is 11.7. The van der Waals surface area contributed by atoms with E-state index in [2.05, 4.69) is 0 Å². The standard InChI is InChI=1S/C22H25NO7S2/c1-5-23(6-2)22(25)14-9-10-18-16(11-14)20(24)17-12-15(31(26,27)7-3)13-19(21(17)30-18)32(28,29)8-4/h9-13H,5-8H2,1-4H3. The molecule has 0 atom stereocenters. The van der Waals surface area contributed by atoms with Crippen molar-refractivity contribution in [1.82, 2.24) is 4.90 Å². The van der Waals surface area contributed by atoms with E-state index >= 15 is 0 Å². The normalized spacial score (nSPS) is 12.4. The summed E-state index contributed by atoms with van der Waals surface area (Å²) < 4.78 is 56.2. The number of carbonyl (C=O) groups excluding carboxylic acids is 1. The molecule has 3 rings (SSSR count). The highest BCUT2D eigenvalue weighted by Crippen LogP contribution is 2.30. The lowest BCUT2D eigenvalue weighted by Gasteiger charge is -2.18. The molecule has 0 spiro atoms. The smallest absolute Gasteiger partial charge is 0.253 e. The molecule has 0 radical (unpaired) electrons. The van der Waals surface area contributed by atoms with Gasteiger partial charge in [0.25, 0.3) is 5.91 Å². The number of benzene rings is 2. The first-order valence-corrected chi connectivity index (χ1v) is 13.6. The Labute approximate surface area is 186 Å². The summed E-state index contributed by atoms with van der Waals surface area (Å²) in [4.78, 5) is 27.0. The fourth-order valence-electron chi connectivity index (χ4n) is 3.46. The molecule has 32 heavy (non-hydrogen) atoms. The first-order chi connectivity index (χ1) is 15.0. The summed E-state index contributed by atoms with van der Waals surface area (Å²) in [5.74, 6) is -0.810. The van der Waals surface area contributed by atoms with Gasteiger partial charge >= 0.3 is 0 Å². The zero-order valence-electron chi connectivity index (χ0n) is 18.3. The van der Waals surface area contributed by atoms with Gasteiger partial charge in [-0.2, -0.15) is 0 Å². The molecular formula is C22H25NO7S2. The first kappa shape index (κ1) is 23.9. The van der Waals surface area contributed by atoms with Crippen LogP contribution in [0.25, 0.3) is 21.9 Å². The van der Waals surface area contributed by atoms with Crippen molar-refractivity contribution in [1.29, 1.82) is 0 Å². The van der Waals surface area contributed by atoms with E-state index in [1.54, 1.807) is 4.90 Å². The van der Waals surface area contributed by atoms with Crippen LogP contribution in [0.3, 0.4) is 0 Å². The lowest BCUT2D eigenvalue weighted by atomic mass is 10.1. The minimum absolute atomic E-state index is 0.0707. The average Bonchev–Trinajstić information content (AvgIpc) is 2.79. The molecule has 0 N–H and O–H groups in total. The minimum atomic E-state index is -3.90. The molecule has 3 aromatic rings. The fourth-order valence-corrected chi connectivity index (χ4v) is 5.52. The van der Waals surface area contributed by atoms with Crippen LogP contribution < -0.4 is 5.43 Å². The van der Waals surface area contributed by atoms with Gasteiger partial charge in [-0.3, -0.25) is 9.59 Å². The van der Waals surface area contributed by atoms with Crippen molar-refractivity contribution in [2.45, 2.75) is 37.5 Å². The molecule has 0 fully saturated rings. The molecular weight excluding hydrogens is 454 g/mol. The third kappa shape index (κ3) is 4.04. The van der Waals surface area contributed by atoms with Gasteiger partial charge in [-0.05, 0) is 44.2 Å². The SMILES string of the molecule is CCN(CC)C(=O)c1ccc2oc3c(S(=O)(=O)CC)cc(S(=O)(=O)CC)cc3c(=O)c2c1. The third-order valence-corrected chi connectivity index (χ3v) is 8.91. The van der Waals surface area contributed by atoms with Crippen molar-refractivity contribution in [3.63, 3.8) is 0 Å². The van der Waals surface area contributed by atoms with Gasteiger partial charge in [0.15, 0.2) is 25.3 Å². The third-order valence-electron chi connectivity index (χ3n) is 5.46. The van der Waals surface area contributed by atoms with Gasteiger partial charge in [-0.15, -0.1) is 0 Å². The van der Waals surface area contributed by atoms with Gasteiger partial charge in [0.05, 0.1) is 27.2 Å². The van der Waals surface area contributed by atoms with Crippen LogP contribution >= 0.6 is 0 Å². The van der Waals surface area contributed by atoms with Crippen LogP contribution in [0.4, 0.5) is 0 Å². The summed E-state index contributed by atoms with van der Waals surface area (Å²) in [6, 6.07) is 6.56. The second-order valence-electron chi connectivity index (χ2n) is 7.22. The number of hydrogen-bond donors (Lipinski definition) is 0. The van der Waals surface area contributed by atoms with Crippen molar-refractivity contribution in [3.05, 3.63) is 46.1 Å². The zero-order valence-corrected chi connectivity index (χ0v) is 20.0. The molecule has 0 saturated heterocycles. The molecule has 1 aromatic heterocycles. The quantitative estimate of drug-likeness (QED) is 0.478. The number of hydrogen-bond acceptors (Lipinski definition) is 7. The molecule has 2 aromatic carbocycles. The number of carbonyl (C=O) groups is 1. The molecule has 172 valence electrons. The van der Waals surface area contributed by atoms with Crippen LogP contribution in [0.5, 0.6) is 0 Å². The molecule has 10 heteroatoms. The van der Waals surface area contributed by atoms with Gasteiger partial charge in [-0.25, -0.2) is 16.8 Å². The molecule has 0 aliphatic rings. The molecule has 0 unspecified atom stereocenters. The first-order valence-electron chi connectivity index (χ1n) is 10.3. The summed E-state index contributed by atoms with van der Waals surface area (Å²) in [5.41, 5.74) is -0.401. The number of amides is 1. The van der Waals surface area contributed by atoms with E-state index in [4.69, 9.17) is 4.42 Å². The summed E-state index contributed by atoms with van der Waals surface area (Å²) in [7, 11) is -7.69. The Kier molecular flexibility index (Phi) is 6.48. The highest BCUT2D eigenvalue weighted by Gasteiger charge is 2.25. The van der Waals surface area contributed by atoms with Crippen LogP contribution in [0.2, 0.25) is 0 Å². The Morgan fingerprint density at radius 3 is 2.06 bits per heavy atom. The Morgan fingerprint density at radius 2 is 1.50 bits per heavy atom. The van der Waals surface area contributed by atoms with Crippen molar-refractivity contribution in [3.8, 4) is 0 Å². The van der Waals surface area contributed by atoms with E-state index in [1.165, 1.54) is 32.0 Å². The Bertz CT molecular complexity index is 1480. The predicted molar refractivity (Wildman–Crippen MR) is 123 cm³/mol. The number of rotatable bonds is 7. The summed E-state index contributed by atoms with van der Waals surface area (Å²) >= 11 is 0. The predicted octanol–water partition coefficient (Wildman–Crippen LogP) is 3.02. The average molecular weight is 480 g/mol. The molecule has 0 aliphatic carbocycles. The van der Waals surface area contributed by atoms with Crippen LogP contribution in [0.1, 0.15) is 38.1 Å². The van der Waals surface area contributed by atoms with E-state index in [0.717, 1.165) is 12.1 Å². The van der Waals surface area contributed by atoms with Gasteiger partial charge < -0.3 is 9.32 Å². The number of fused-ring (bicyclic) bond motifs is 2. The monoisotopic (exact) mass is 479 g/mol. The Balaban J connectivity index is 2.44. The topological polar surface area (TPSA) is 119 Å². The van der Waals surface area contributed by atoms with Gasteiger partial charge in [0.2, 0.25) is 5.43 Å². The van der Waals surface area contributed by atoms with E-state index in [0.29, 0.717) is 13.1 Å². The minimum Gasteiger partial charge on any atom is -0.454 e. The van der Waals surface area contributed by atoms with E-state index in [-0.39, 0.29) is 54.7 Å². The van der Waals surface area contributed by atoms with Gasteiger partial charge in [0, 0.05) is 18.7 Å². The maximum atomic E-state index is 13.3. The van der Waals surface area contributed by atoms with Gasteiger partial charge in [0.1, 0.15) is 10.5 Å². The largest absolute Gasteiger partial charge is 0.454 e. The van der Waals surface area contributed by atoms with Crippen molar-refractivity contribution >= 4 is 47.5 Å². The number of sulfone groups is 2. The molecule has 0 saturated carbocycles. The maximum absolute atomic E-state index is 13.3.